The van der Waals surface area contributed by atoms with Crippen LogP contribution in [0.15, 0.2) is 6.07 Å². The fraction of sp³-hybridized carbons (Fsp3) is 0.692. The smallest absolute Gasteiger partial charge is 0.425 e. The van der Waals surface area contributed by atoms with Crippen LogP contribution in [0.5, 0.6) is 5.88 Å². The molecule has 0 aliphatic heterocycles. The molecule has 1 aromatic rings. The number of hydrogen-bond acceptors (Lipinski definition) is 5. The Kier molecular flexibility index (Phi) is 6.67. The number of hydrogen-bond donors (Lipinski definition) is 1. The van der Waals surface area contributed by atoms with Gasteiger partial charge in [-0.2, -0.15) is 18.2 Å². The number of alkyl halides is 3. The molecule has 21 heavy (non-hydrogen) atoms. The van der Waals surface area contributed by atoms with Crippen molar-refractivity contribution in [2.45, 2.75) is 46.1 Å². The highest BCUT2D eigenvalue weighted by Gasteiger charge is 2.38. The number of aromatic nitrogens is 2. The topological polar surface area (TPSA) is 56.3 Å². The van der Waals surface area contributed by atoms with Gasteiger partial charge < -0.3 is 14.8 Å². The molecule has 0 saturated carbocycles. The van der Waals surface area contributed by atoms with Gasteiger partial charge in [-0.25, -0.2) is 4.98 Å². The van der Waals surface area contributed by atoms with Crippen molar-refractivity contribution in [2.24, 2.45) is 0 Å². The molecular weight excluding hydrogens is 287 g/mol. The largest absolute Gasteiger partial charge is 0.465 e. The fourth-order valence-electron chi connectivity index (χ4n) is 1.38. The van der Waals surface area contributed by atoms with Crippen LogP contribution in [0, 0.1) is 0 Å². The number of nitrogens with zero attached hydrogens (tertiary/aromatic N) is 2. The van der Waals surface area contributed by atoms with Crippen molar-refractivity contribution >= 4 is 5.82 Å². The van der Waals surface area contributed by atoms with Gasteiger partial charge in [-0.05, 0) is 20.3 Å². The number of halogens is 3. The third-order valence-electron chi connectivity index (χ3n) is 2.50. The van der Waals surface area contributed by atoms with Crippen LogP contribution >= 0.6 is 0 Å². The maximum atomic E-state index is 12.5. The highest BCUT2D eigenvalue weighted by Crippen LogP contribution is 2.25. The van der Waals surface area contributed by atoms with E-state index in [1.54, 1.807) is 0 Å². The van der Waals surface area contributed by atoms with Gasteiger partial charge in [-0.3, -0.25) is 0 Å². The first-order valence-electron chi connectivity index (χ1n) is 6.79. The summed E-state index contributed by atoms with van der Waals surface area (Å²) in [7, 11) is 0. The van der Waals surface area contributed by atoms with E-state index in [4.69, 9.17) is 9.47 Å². The zero-order valence-corrected chi connectivity index (χ0v) is 12.3. The number of ether oxygens (including phenoxy) is 2. The molecule has 8 heteroatoms. The number of nitrogens with one attached hydrogen (secondary N) is 1. The second-order valence-corrected chi connectivity index (χ2v) is 4.37. The standard InChI is InChI=1S/C13H20F3N3O2/c1-4-6-17-10-7-12(21-9(3)13(14,15)16)19-11(18-10)8-20-5-2/h7,9H,4-6,8H2,1-3H3,(H,17,18,19). The molecule has 1 heterocycles. The third kappa shape index (κ3) is 6.16. The average molecular weight is 307 g/mol. The van der Waals surface area contributed by atoms with Gasteiger partial charge in [0.1, 0.15) is 12.4 Å². The first-order valence-corrected chi connectivity index (χ1v) is 6.79. The lowest BCUT2D eigenvalue weighted by Gasteiger charge is -2.18. The summed E-state index contributed by atoms with van der Waals surface area (Å²) in [5, 5.41) is 3.00. The summed E-state index contributed by atoms with van der Waals surface area (Å²) < 4.78 is 47.6. The quantitative estimate of drug-likeness (QED) is 0.799. The average Bonchev–Trinajstić information content (AvgIpc) is 2.41. The lowest BCUT2D eigenvalue weighted by molar-refractivity contribution is -0.190. The highest BCUT2D eigenvalue weighted by atomic mass is 19.4. The molecule has 0 aliphatic carbocycles. The van der Waals surface area contributed by atoms with Gasteiger partial charge >= 0.3 is 6.18 Å². The van der Waals surface area contributed by atoms with E-state index in [1.807, 2.05) is 13.8 Å². The molecule has 0 aliphatic rings. The van der Waals surface area contributed by atoms with Crippen molar-refractivity contribution in [3.63, 3.8) is 0 Å². The van der Waals surface area contributed by atoms with Gasteiger partial charge in [-0.1, -0.05) is 6.92 Å². The summed E-state index contributed by atoms with van der Waals surface area (Å²) in [6, 6.07) is 1.35. The molecule has 0 radical (unpaired) electrons. The van der Waals surface area contributed by atoms with Gasteiger partial charge in [0.05, 0.1) is 0 Å². The molecule has 0 bridgehead atoms. The fourth-order valence-corrected chi connectivity index (χ4v) is 1.38. The van der Waals surface area contributed by atoms with Gasteiger partial charge in [-0.15, -0.1) is 0 Å². The predicted molar refractivity (Wildman–Crippen MR) is 72.3 cm³/mol. The first-order chi connectivity index (χ1) is 9.86. The van der Waals surface area contributed by atoms with E-state index in [1.165, 1.54) is 6.07 Å². The van der Waals surface area contributed by atoms with Crippen LogP contribution in [0.1, 0.15) is 33.0 Å². The Hall–Kier alpha value is -1.57. The van der Waals surface area contributed by atoms with Crippen LogP contribution in [-0.2, 0) is 11.3 Å². The van der Waals surface area contributed by atoms with E-state index in [2.05, 4.69) is 15.3 Å². The van der Waals surface area contributed by atoms with Crippen molar-refractivity contribution in [1.82, 2.24) is 9.97 Å². The zero-order chi connectivity index (χ0) is 15.9. The van der Waals surface area contributed by atoms with Gasteiger partial charge in [0.2, 0.25) is 5.88 Å². The Balaban J connectivity index is 2.89. The molecule has 1 unspecified atom stereocenters. The molecular formula is C13H20F3N3O2. The van der Waals surface area contributed by atoms with Crippen molar-refractivity contribution in [3.05, 3.63) is 11.9 Å². The Morgan fingerprint density at radius 1 is 1.29 bits per heavy atom. The van der Waals surface area contributed by atoms with E-state index in [0.717, 1.165) is 13.3 Å². The summed E-state index contributed by atoms with van der Waals surface area (Å²) in [6.45, 7) is 5.95. The van der Waals surface area contributed by atoms with E-state index >= 15 is 0 Å². The minimum absolute atomic E-state index is 0.120. The summed E-state index contributed by atoms with van der Waals surface area (Å²) in [4.78, 5) is 8.10. The Morgan fingerprint density at radius 3 is 2.57 bits per heavy atom. The molecule has 0 amide bonds. The monoisotopic (exact) mass is 307 g/mol. The van der Waals surface area contributed by atoms with Crippen LogP contribution in [0.4, 0.5) is 19.0 Å². The summed E-state index contributed by atoms with van der Waals surface area (Å²) in [5.41, 5.74) is 0. The molecule has 0 fully saturated rings. The molecule has 0 aromatic carbocycles. The van der Waals surface area contributed by atoms with Gasteiger partial charge in [0, 0.05) is 19.2 Å². The van der Waals surface area contributed by atoms with Crippen LogP contribution in [0.2, 0.25) is 0 Å². The van der Waals surface area contributed by atoms with Crippen LogP contribution in [-0.4, -0.2) is 35.4 Å². The van der Waals surface area contributed by atoms with E-state index in [0.29, 0.717) is 19.0 Å². The molecule has 0 saturated heterocycles. The van der Waals surface area contributed by atoms with Crippen LogP contribution < -0.4 is 10.1 Å². The van der Waals surface area contributed by atoms with Crippen LogP contribution in [0.3, 0.4) is 0 Å². The van der Waals surface area contributed by atoms with Crippen molar-refractivity contribution in [1.29, 1.82) is 0 Å². The Bertz CT molecular complexity index is 415. The number of anilines is 1. The van der Waals surface area contributed by atoms with Crippen molar-refractivity contribution in [3.8, 4) is 5.88 Å². The predicted octanol–water partition coefficient (Wildman–Crippen LogP) is 3.16. The van der Waals surface area contributed by atoms with Crippen molar-refractivity contribution < 1.29 is 22.6 Å². The number of rotatable bonds is 8. The molecule has 1 rings (SSSR count). The lowest BCUT2D eigenvalue weighted by atomic mass is 10.4. The Morgan fingerprint density at radius 2 is 2.00 bits per heavy atom. The van der Waals surface area contributed by atoms with Crippen LogP contribution in [0.25, 0.3) is 0 Å². The Labute approximate surface area is 121 Å². The van der Waals surface area contributed by atoms with E-state index < -0.39 is 12.3 Å². The lowest BCUT2D eigenvalue weighted by Crippen LogP contribution is -2.31. The minimum Gasteiger partial charge on any atom is -0.465 e. The van der Waals surface area contributed by atoms with E-state index in [9.17, 15) is 13.2 Å². The second kappa shape index (κ2) is 8.02. The third-order valence-corrected chi connectivity index (χ3v) is 2.50. The zero-order valence-electron chi connectivity index (χ0n) is 12.3. The molecule has 1 N–H and O–H groups in total. The molecule has 1 atom stereocenters. The summed E-state index contributed by atoms with van der Waals surface area (Å²) in [6.07, 6.45) is -5.52. The van der Waals surface area contributed by atoms with E-state index in [-0.39, 0.29) is 18.3 Å². The highest BCUT2D eigenvalue weighted by molar-refractivity contribution is 5.38. The summed E-state index contributed by atoms with van der Waals surface area (Å²) in [5.74, 6) is 0.580. The maximum absolute atomic E-state index is 12.5. The minimum atomic E-state index is -4.44. The van der Waals surface area contributed by atoms with Gasteiger partial charge in [0.25, 0.3) is 0 Å². The first kappa shape index (κ1) is 17.5. The van der Waals surface area contributed by atoms with Crippen molar-refractivity contribution in [2.75, 3.05) is 18.5 Å². The normalized spacial score (nSPS) is 13.0. The molecule has 120 valence electrons. The maximum Gasteiger partial charge on any atom is 0.425 e. The second-order valence-electron chi connectivity index (χ2n) is 4.37. The molecule has 5 nitrogen and oxygen atoms in total. The van der Waals surface area contributed by atoms with Gasteiger partial charge in [0.15, 0.2) is 11.9 Å². The molecule has 1 aromatic heterocycles. The molecule has 0 spiro atoms. The summed E-state index contributed by atoms with van der Waals surface area (Å²) >= 11 is 0. The SMILES string of the molecule is CCCNc1cc(OC(C)C(F)(F)F)nc(COCC)n1.